The van der Waals surface area contributed by atoms with E-state index in [0.717, 1.165) is 77.0 Å². The van der Waals surface area contributed by atoms with Crippen LogP contribution in [0.5, 0.6) is 0 Å². The first kappa shape index (κ1) is 27.4. The van der Waals surface area contributed by atoms with Crippen LogP contribution in [0.3, 0.4) is 0 Å². The zero-order chi connectivity index (χ0) is 24.6. The van der Waals surface area contributed by atoms with Crippen molar-refractivity contribution >= 4 is 11.9 Å². The molecule has 0 unspecified atom stereocenters. The number of hydrogen-bond acceptors (Lipinski definition) is 2. The van der Waals surface area contributed by atoms with Crippen molar-refractivity contribution in [2.24, 2.45) is 10.8 Å². The Bertz CT molecular complexity index is 817. The van der Waals surface area contributed by atoms with E-state index in [2.05, 4.69) is 26.8 Å². The molecule has 0 bridgehead atoms. The van der Waals surface area contributed by atoms with Gasteiger partial charge < -0.3 is 10.2 Å². The normalized spacial score (nSPS) is 14.9. The summed E-state index contributed by atoms with van der Waals surface area (Å²) >= 11 is 0. The Kier molecular flexibility index (Phi) is 10.00. The summed E-state index contributed by atoms with van der Waals surface area (Å²) in [7, 11) is 0. The molecule has 33 heavy (non-hydrogen) atoms. The number of aryl methyl sites for hydroxylation is 2. The van der Waals surface area contributed by atoms with Crippen molar-refractivity contribution in [1.29, 1.82) is 0 Å². The summed E-state index contributed by atoms with van der Waals surface area (Å²) in [6.45, 7) is 10.3. The minimum absolute atomic E-state index is 0.374. The number of carboxylic acids is 2. The molecule has 0 radical (unpaired) electrons. The van der Waals surface area contributed by atoms with Crippen molar-refractivity contribution in [1.82, 2.24) is 0 Å². The Morgan fingerprint density at radius 1 is 0.818 bits per heavy atom. The Balaban J connectivity index is 1.79. The van der Waals surface area contributed by atoms with E-state index >= 15 is 0 Å². The highest BCUT2D eigenvalue weighted by Crippen LogP contribution is 2.50. The summed E-state index contributed by atoms with van der Waals surface area (Å²) in [5, 5.41) is 18.6. The van der Waals surface area contributed by atoms with Crippen LogP contribution in [0.1, 0.15) is 119 Å². The fraction of sp³-hybridized carbons (Fsp3) is 0.724. The topological polar surface area (TPSA) is 74.6 Å². The molecule has 1 aromatic rings. The van der Waals surface area contributed by atoms with E-state index < -0.39 is 17.4 Å². The van der Waals surface area contributed by atoms with E-state index in [1.807, 2.05) is 13.8 Å². The van der Waals surface area contributed by atoms with Crippen LogP contribution < -0.4 is 0 Å². The third kappa shape index (κ3) is 7.86. The predicted molar refractivity (Wildman–Crippen MR) is 135 cm³/mol. The third-order valence-corrected chi connectivity index (χ3v) is 8.01. The highest BCUT2D eigenvalue weighted by atomic mass is 16.4. The summed E-state index contributed by atoms with van der Waals surface area (Å²) in [5.74, 6) is -1.30. The minimum Gasteiger partial charge on any atom is -0.481 e. The monoisotopic (exact) mass is 458 g/mol. The molecule has 1 aliphatic carbocycles. The standard InChI is InChI=1S/C29H46O4/c1-21-20-22(2)24(14-10-6-8-12-16-28(4,5)26(30)31)25(23(21)3)15-11-7-9-13-17-29(18-19-29)27(32)33/h20H,6-19H2,1-5H3,(H,30,31)(H,32,33). The Hall–Kier alpha value is -1.84. The van der Waals surface area contributed by atoms with Crippen LogP contribution >= 0.6 is 0 Å². The number of aliphatic carboxylic acids is 2. The van der Waals surface area contributed by atoms with Crippen molar-refractivity contribution in [2.75, 3.05) is 0 Å². The molecule has 0 atom stereocenters. The molecule has 1 fully saturated rings. The van der Waals surface area contributed by atoms with Gasteiger partial charge in [0.25, 0.3) is 0 Å². The van der Waals surface area contributed by atoms with Crippen LogP contribution in [0.4, 0.5) is 0 Å². The van der Waals surface area contributed by atoms with Crippen molar-refractivity contribution in [3.8, 4) is 0 Å². The van der Waals surface area contributed by atoms with Gasteiger partial charge in [-0.05, 0) is 114 Å². The molecule has 0 aliphatic heterocycles. The molecule has 2 rings (SSSR count). The number of benzene rings is 1. The fourth-order valence-corrected chi connectivity index (χ4v) is 5.08. The average molecular weight is 459 g/mol. The third-order valence-electron chi connectivity index (χ3n) is 8.01. The fourth-order valence-electron chi connectivity index (χ4n) is 5.08. The van der Waals surface area contributed by atoms with E-state index in [1.54, 1.807) is 0 Å². The van der Waals surface area contributed by atoms with Gasteiger partial charge in [0.2, 0.25) is 0 Å². The van der Waals surface area contributed by atoms with Crippen molar-refractivity contribution in [2.45, 2.75) is 125 Å². The quantitative estimate of drug-likeness (QED) is 0.250. The molecule has 1 aliphatic rings. The number of carboxylic acid groups (broad SMARTS) is 2. The van der Waals surface area contributed by atoms with Crippen LogP contribution in [0, 0.1) is 31.6 Å². The largest absolute Gasteiger partial charge is 0.481 e. The smallest absolute Gasteiger partial charge is 0.309 e. The maximum atomic E-state index is 11.3. The lowest BCUT2D eigenvalue weighted by molar-refractivity contribution is -0.147. The number of rotatable bonds is 16. The highest BCUT2D eigenvalue weighted by molar-refractivity contribution is 5.77. The van der Waals surface area contributed by atoms with Crippen LogP contribution in [-0.2, 0) is 22.4 Å². The van der Waals surface area contributed by atoms with Crippen LogP contribution in [-0.4, -0.2) is 22.2 Å². The molecule has 0 aromatic heterocycles. The summed E-state index contributed by atoms with van der Waals surface area (Å²) in [5.41, 5.74) is 6.26. The summed E-state index contributed by atoms with van der Waals surface area (Å²) in [6, 6.07) is 2.32. The second-order valence-electron chi connectivity index (χ2n) is 11.2. The summed E-state index contributed by atoms with van der Waals surface area (Å²) < 4.78 is 0. The number of hydrogen-bond donors (Lipinski definition) is 2. The maximum Gasteiger partial charge on any atom is 0.309 e. The molecular formula is C29H46O4. The molecule has 0 amide bonds. The van der Waals surface area contributed by atoms with Gasteiger partial charge in [0.15, 0.2) is 0 Å². The Morgan fingerprint density at radius 3 is 1.91 bits per heavy atom. The average Bonchev–Trinajstić information content (AvgIpc) is 3.53. The Morgan fingerprint density at radius 2 is 1.36 bits per heavy atom. The van der Waals surface area contributed by atoms with Gasteiger partial charge in [0.05, 0.1) is 10.8 Å². The van der Waals surface area contributed by atoms with Crippen molar-refractivity contribution < 1.29 is 19.8 Å². The lowest BCUT2D eigenvalue weighted by atomic mass is 9.86. The van der Waals surface area contributed by atoms with Gasteiger partial charge in [0.1, 0.15) is 0 Å². The van der Waals surface area contributed by atoms with Gasteiger partial charge in [-0.3, -0.25) is 9.59 Å². The molecule has 0 saturated heterocycles. The van der Waals surface area contributed by atoms with Gasteiger partial charge >= 0.3 is 11.9 Å². The molecular weight excluding hydrogens is 412 g/mol. The van der Waals surface area contributed by atoms with E-state index in [-0.39, 0.29) is 5.41 Å². The summed E-state index contributed by atoms with van der Waals surface area (Å²) in [4.78, 5) is 22.6. The molecule has 0 spiro atoms. The second-order valence-corrected chi connectivity index (χ2v) is 11.2. The van der Waals surface area contributed by atoms with Crippen LogP contribution in [0.25, 0.3) is 0 Å². The van der Waals surface area contributed by atoms with Gasteiger partial charge in [0, 0.05) is 0 Å². The van der Waals surface area contributed by atoms with Crippen molar-refractivity contribution in [3.63, 3.8) is 0 Å². The minimum atomic E-state index is -0.702. The highest BCUT2D eigenvalue weighted by Gasteiger charge is 2.49. The van der Waals surface area contributed by atoms with Gasteiger partial charge in [-0.15, -0.1) is 0 Å². The lowest BCUT2D eigenvalue weighted by Gasteiger charge is -2.19. The zero-order valence-corrected chi connectivity index (χ0v) is 21.7. The maximum absolute atomic E-state index is 11.3. The molecule has 0 heterocycles. The van der Waals surface area contributed by atoms with E-state index in [1.165, 1.54) is 40.7 Å². The molecule has 4 heteroatoms. The molecule has 4 nitrogen and oxygen atoms in total. The number of unbranched alkanes of at least 4 members (excludes halogenated alkanes) is 6. The number of carbonyl (C=O) groups is 2. The van der Waals surface area contributed by atoms with E-state index in [0.29, 0.717) is 0 Å². The van der Waals surface area contributed by atoms with Gasteiger partial charge in [-0.25, -0.2) is 0 Å². The van der Waals surface area contributed by atoms with E-state index in [9.17, 15) is 19.8 Å². The zero-order valence-electron chi connectivity index (χ0n) is 21.7. The van der Waals surface area contributed by atoms with Crippen LogP contribution in [0.2, 0.25) is 0 Å². The first-order chi connectivity index (χ1) is 15.5. The molecule has 1 aromatic carbocycles. The first-order valence-corrected chi connectivity index (χ1v) is 13.1. The van der Waals surface area contributed by atoms with Crippen molar-refractivity contribution in [3.05, 3.63) is 33.9 Å². The lowest BCUT2D eigenvalue weighted by Crippen LogP contribution is -2.23. The molecule has 186 valence electrons. The first-order valence-electron chi connectivity index (χ1n) is 13.1. The second kappa shape index (κ2) is 12.0. The Labute approximate surface area is 201 Å². The SMILES string of the molecule is Cc1cc(C)c(CCCCCCC(C)(C)C(=O)O)c(CCCCCCC2(C(=O)O)CC2)c1C. The van der Waals surface area contributed by atoms with Gasteiger partial charge in [-0.2, -0.15) is 0 Å². The van der Waals surface area contributed by atoms with Crippen LogP contribution in [0.15, 0.2) is 6.07 Å². The predicted octanol–water partition coefficient (Wildman–Crippen LogP) is 7.57. The van der Waals surface area contributed by atoms with Gasteiger partial charge in [-0.1, -0.05) is 44.6 Å². The summed E-state index contributed by atoms with van der Waals surface area (Å²) in [6.07, 6.45) is 14.4. The van der Waals surface area contributed by atoms with E-state index in [4.69, 9.17) is 0 Å². The molecule has 1 saturated carbocycles. The molecule has 2 N–H and O–H groups in total.